The largest absolute Gasteiger partial charge is 0.465 e. The zero-order valence-corrected chi connectivity index (χ0v) is 12.2. The summed E-state index contributed by atoms with van der Waals surface area (Å²) in [7, 11) is 1.34. The van der Waals surface area contributed by atoms with Crippen molar-refractivity contribution < 1.29 is 9.53 Å². The molecule has 0 atom stereocenters. The highest BCUT2D eigenvalue weighted by Gasteiger charge is 2.16. The summed E-state index contributed by atoms with van der Waals surface area (Å²) in [5, 5.41) is 12.7. The van der Waals surface area contributed by atoms with Crippen molar-refractivity contribution >= 4 is 28.1 Å². The first-order valence-corrected chi connectivity index (χ1v) is 6.70. The molecule has 0 saturated carbocycles. The van der Waals surface area contributed by atoms with E-state index in [0.29, 0.717) is 21.3 Å². The van der Waals surface area contributed by atoms with Crippen LogP contribution in [0, 0.1) is 25.2 Å². The first-order valence-electron chi connectivity index (χ1n) is 5.88. The monoisotopic (exact) mass is 287 g/mol. The Balaban J connectivity index is 2.31. The molecule has 1 aromatic heterocycles. The van der Waals surface area contributed by atoms with Crippen molar-refractivity contribution in [3.05, 3.63) is 39.9 Å². The number of methoxy groups -OCH3 is 1. The molecule has 0 spiro atoms. The summed E-state index contributed by atoms with van der Waals surface area (Å²) < 4.78 is 4.70. The molecule has 0 aliphatic heterocycles. The molecule has 2 rings (SSSR count). The second kappa shape index (κ2) is 5.72. The fourth-order valence-corrected chi connectivity index (χ4v) is 2.57. The number of rotatable bonds is 3. The van der Waals surface area contributed by atoms with Gasteiger partial charge in [-0.1, -0.05) is 17.4 Å². The summed E-state index contributed by atoms with van der Waals surface area (Å²) in [6.07, 6.45) is 0. The zero-order chi connectivity index (χ0) is 14.7. The van der Waals surface area contributed by atoms with E-state index in [1.807, 2.05) is 13.0 Å². The Morgan fingerprint density at radius 3 is 2.85 bits per heavy atom. The Labute approximate surface area is 120 Å². The van der Waals surface area contributed by atoms with E-state index in [-0.39, 0.29) is 0 Å². The number of aryl methyl sites for hydroxylation is 2. The molecule has 1 aromatic carbocycles. The zero-order valence-electron chi connectivity index (χ0n) is 11.4. The average molecular weight is 287 g/mol. The van der Waals surface area contributed by atoms with Gasteiger partial charge < -0.3 is 10.1 Å². The number of nitrogens with zero attached hydrogens (tertiary/aromatic N) is 2. The third-order valence-corrected chi connectivity index (χ3v) is 3.83. The highest BCUT2D eigenvalue weighted by atomic mass is 32.1. The SMILES string of the molecule is COC(=O)c1sc(Nc2cc(C#N)ccc2C)nc1C. The number of nitrogens with one attached hydrogen (secondary N) is 1. The molecule has 2 aromatic rings. The lowest BCUT2D eigenvalue weighted by Crippen LogP contribution is -1.99. The molecule has 0 bridgehead atoms. The maximum atomic E-state index is 11.5. The fraction of sp³-hybridized carbons (Fsp3) is 0.214. The average Bonchev–Trinajstić information content (AvgIpc) is 2.81. The normalized spacial score (nSPS) is 9.90. The summed E-state index contributed by atoms with van der Waals surface area (Å²) in [5.41, 5.74) is 2.99. The molecule has 5 nitrogen and oxygen atoms in total. The van der Waals surface area contributed by atoms with Crippen LogP contribution in [0.25, 0.3) is 0 Å². The van der Waals surface area contributed by atoms with Crippen LogP contribution in [0.3, 0.4) is 0 Å². The fourth-order valence-electron chi connectivity index (χ4n) is 1.67. The van der Waals surface area contributed by atoms with Crippen molar-refractivity contribution in [3.63, 3.8) is 0 Å². The molecule has 6 heteroatoms. The first-order chi connectivity index (χ1) is 9.55. The van der Waals surface area contributed by atoms with E-state index >= 15 is 0 Å². The van der Waals surface area contributed by atoms with Crippen LogP contribution in [0.1, 0.15) is 26.5 Å². The number of nitriles is 1. The number of carbonyl (C=O) groups is 1. The van der Waals surface area contributed by atoms with Crippen LogP contribution in [-0.2, 0) is 4.74 Å². The van der Waals surface area contributed by atoms with Gasteiger partial charge in [-0.2, -0.15) is 5.26 Å². The summed E-state index contributed by atoms with van der Waals surface area (Å²) in [5.74, 6) is -0.393. The summed E-state index contributed by atoms with van der Waals surface area (Å²) >= 11 is 1.23. The second-order valence-electron chi connectivity index (χ2n) is 4.19. The van der Waals surface area contributed by atoms with Gasteiger partial charge in [0.2, 0.25) is 0 Å². The van der Waals surface area contributed by atoms with Crippen LogP contribution in [0.2, 0.25) is 0 Å². The number of benzene rings is 1. The standard InChI is InChI=1S/C14H13N3O2S/c1-8-4-5-10(7-15)6-11(8)17-14-16-9(2)12(20-14)13(18)19-3/h4-6H,1-3H3,(H,16,17). The van der Waals surface area contributed by atoms with Gasteiger partial charge in [0.15, 0.2) is 5.13 Å². The van der Waals surface area contributed by atoms with Crippen LogP contribution in [0.4, 0.5) is 10.8 Å². The van der Waals surface area contributed by atoms with Crippen LogP contribution < -0.4 is 5.32 Å². The Hall–Kier alpha value is -2.39. The third kappa shape index (κ3) is 2.78. The van der Waals surface area contributed by atoms with Gasteiger partial charge in [-0.3, -0.25) is 0 Å². The predicted molar refractivity (Wildman–Crippen MR) is 77.4 cm³/mol. The Kier molecular flexibility index (Phi) is 4.01. The number of hydrogen-bond donors (Lipinski definition) is 1. The smallest absolute Gasteiger partial charge is 0.350 e. The number of anilines is 2. The van der Waals surface area contributed by atoms with Gasteiger partial charge in [-0.05, 0) is 31.5 Å². The van der Waals surface area contributed by atoms with Gasteiger partial charge in [0, 0.05) is 5.69 Å². The van der Waals surface area contributed by atoms with Crippen LogP contribution in [0.15, 0.2) is 18.2 Å². The minimum atomic E-state index is -0.393. The van der Waals surface area contributed by atoms with Crippen LogP contribution in [0.5, 0.6) is 0 Å². The minimum Gasteiger partial charge on any atom is -0.465 e. The lowest BCUT2D eigenvalue weighted by molar-refractivity contribution is 0.0605. The van der Waals surface area contributed by atoms with Gasteiger partial charge in [0.25, 0.3) is 0 Å². The van der Waals surface area contributed by atoms with E-state index in [1.165, 1.54) is 18.4 Å². The molecule has 0 amide bonds. The highest BCUT2D eigenvalue weighted by molar-refractivity contribution is 7.17. The molecule has 1 heterocycles. The number of ether oxygens (including phenoxy) is 1. The van der Waals surface area contributed by atoms with Crippen molar-refractivity contribution in [2.75, 3.05) is 12.4 Å². The van der Waals surface area contributed by atoms with Gasteiger partial charge in [-0.15, -0.1) is 0 Å². The molecule has 0 aliphatic carbocycles. The van der Waals surface area contributed by atoms with Crippen molar-refractivity contribution in [2.45, 2.75) is 13.8 Å². The van der Waals surface area contributed by atoms with Gasteiger partial charge in [0.05, 0.1) is 24.4 Å². The summed E-state index contributed by atoms with van der Waals surface area (Å²) in [6.45, 7) is 3.69. The van der Waals surface area contributed by atoms with Crippen molar-refractivity contribution in [1.82, 2.24) is 4.98 Å². The predicted octanol–water partition coefficient (Wildman–Crippen LogP) is 3.16. The van der Waals surface area contributed by atoms with E-state index in [9.17, 15) is 4.79 Å². The quantitative estimate of drug-likeness (QED) is 0.878. The molecule has 0 saturated heterocycles. The van der Waals surface area contributed by atoms with E-state index in [0.717, 1.165) is 11.3 Å². The van der Waals surface area contributed by atoms with Crippen LogP contribution in [-0.4, -0.2) is 18.1 Å². The number of carbonyl (C=O) groups excluding carboxylic acids is 1. The summed E-state index contributed by atoms with van der Waals surface area (Å²) in [6, 6.07) is 7.47. The Bertz CT molecular complexity index is 701. The number of aromatic nitrogens is 1. The van der Waals surface area contributed by atoms with Crippen molar-refractivity contribution in [2.24, 2.45) is 0 Å². The molecular formula is C14H13N3O2S. The van der Waals surface area contributed by atoms with Crippen molar-refractivity contribution in [1.29, 1.82) is 5.26 Å². The second-order valence-corrected chi connectivity index (χ2v) is 5.19. The molecule has 0 aliphatic rings. The molecular weight excluding hydrogens is 274 g/mol. The molecule has 1 N–H and O–H groups in total. The summed E-state index contributed by atoms with van der Waals surface area (Å²) in [4.78, 5) is 16.3. The Morgan fingerprint density at radius 1 is 1.45 bits per heavy atom. The lowest BCUT2D eigenvalue weighted by Gasteiger charge is -2.06. The molecule has 0 unspecified atom stereocenters. The molecule has 0 fully saturated rings. The van der Waals surface area contributed by atoms with E-state index in [1.54, 1.807) is 19.1 Å². The van der Waals surface area contributed by atoms with E-state index in [4.69, 9.17) is 10.00 Å². The highest BCUT2D eigenvalue weighted by Crippen LogP contribution is 2.28. The van der Waals surface area contributed by atoms with E-state index in [2.05, 4.69) is 16.4 Å². The molecule has 0 radical (unpaired) electrons. The first kappa shape index (κ1) is 14.0. The number of hydrogen-bond acceptors (Lipinski definition) is 6. The van der Waals surface area contributed by atoms with Crippen LogP contribution >= 0.6 is 11.3 Å². The number of esters is 1. The maximum absolute atomic E-state index is 11.5. The number of thiazole rings is 1. The molecule has 102 valence electrons. The Morgan fingerprint density at radius 2 is 2.20 bits per heavy atom. The van der Waals surface area contributed by atoms with Gasteiger partial charge in [0.1, 0.15) is 4.88 Å². The van der Waals surface area contributed by atoms with E-state index < -0.39 is 5.97 Å². The maximum Gasteiger partial charge on any atom is 0.350 e. The minimum absolute atomic E-state index is 0.393. The van der Waals surface area contributed by atoms with Gasteiger partial charge >= 0.3 is 5.97 Å². The van der Waals surface area contributed by atoms with Gasteiger partial charge in [-0.25, -0.2) is 9.78 Å². The van der Waals surface area contributed by atoms with Crippen molar-refractivity contribution in [3.8, 4) is 6.07 Å². The molecule has 20 heavy (non-hydrogen) atoms. The topological polar surface area (TPSA) is 75.0 Å². The lowest BCUT2D eigenvalue weighted by atomic mass is 10.1. The third-order valence-electron chi connectivity index (χ3n) is 2.78.